The van der Waals surface area contributed by atoms with Crippen molar-refractivity contribution in [1.29, 1.82) is 0 Å². The van der Waals surface area contributed by atoms with Crippen molar-refractivity contribution in [2.45, 2.75) is 33.2 Å². The third-order valence-electron chi connectivity index (χ3n) is 3.75. The minimum absolute atomic E-state index is 0.0137. The topological polar surface area (TPSA) is 58.6 Å². The van der Waals surface area contributed by atoms with Gasteiger partial charge in [-0.2, -0.15) is 0 Å². The molecule has 0 spiro atoms. The smallest absolute Gasteiger partial charge is 0.322 e. The number of hydrogen-bond donors (Lipinski definition) is 1. The van der Waals surface area contributed by atoms with Crippen molar-refractivity contribution in [3.63, 3.8) is 0 Å². The molecule has 1 aliphatic heterocycles. The van der Waals surface area contributed by atoms with Crippen molar-refractivity contribution < 1.29 is 14.3 Å². The summed E-state index contributed by atoms with van der Waals surface area (Å²) in [4.78, 5) is 25.8. The molecule has 1 saturated heterocycles. The van der Waals surface area contributed by atoms with E-state index in [-0.39, 0.29) is 17.9 Å². The molecule has 2 rings (SSSR count). The summed E-state index contributed by atoms with van der Waals surface area (Å²) < 4.78 is 5.50. The molecule has 120 valence electrons. The summed E-state index contributed by atoms with van der Waals surface area (Å²) in [5.74, 6) is 0.489. The SMILES string of the molecule is CC(=O)c1cccc(NC(=O)N2CCOC[C@H]2CC(C)C)c1. The Morgan fingerprint density at radius 1 is 1.41 bits per heavy atom. The second-order valence-electron chi connectivity index (χ2n) is 6.12. The first kappa shape index (κ1) is 16.5. The molecule has 1 aromatic carbocycles. The van der Waals surface area contributed by atoms with Crippen molar-refractivity contribution in [2.75, 3.05) is 25.1 Å². The van der Waals surface area contributed by atoms with Gasteiger partial charge in [0.05, 0.1) is 19.3 Å². The third kappa shape index (κ3) is 4.31. The summed E-state index contributed by atoms with van der Waals surface area (Å²) >= 11 is 0. The number of morpholine rings is 1. The maximum Gasteiger partial charge on any atom is 0.322 e. The molecule has 2 amide bonds. The Hall–Kier alpha value is -1.88. The van der Waals surface area contributed by atoms with Gasteiger partial charge in [-0.3, -0.25) is 4.79 Å². The first-order valence-corrected chi connectivity index (χ1v) is 7.73. The minimum atomic E-state index is -0.130. The summed E-state index contributed by atoms with van der Waals surface area (Å²) in [5.41, 5.74) is 1.24. The van der Waals surface area contributed by atoms with E-state index in [9.17, 15) is 9.59 Å². The second kappa shape index (κ2) is 7.40. The van der Waals surface area contributed by atoms with Gasteiger partial charge in [-0.1, -0.05) is 26.0 Å². The van der Waals surface area contributed by atoms with Gasteiger partial charge >= 0.3 is 6.03 Å². The molecular formula is C17H24N2O3. The summed E-state index contributed by atoms with van der Waals surface area (Å²) in [6.45, 7) is 7.54. The number of ketones is 1. The Kier molecular flexibility index (Phi) is 5.55. The maximum atomic E-state index is 12.5. The number of Topliss-reactive ketones (excluding diaryl/α,β-unsaturated/α-hetero) is 1. The molecule has 1 atom stereocenters. The molecular weight excluding hydrogens is 280 g/mol. The molecule has 1 heterocycles. The highest BCUT2D eigenvalue weighted by Gasteiger charge is 2.27. The van der Waals surface area contributed by atoms with E-state index in [4.69, 9.17) is 4.74 Å². The summed E-state index contributed by atoms with van der Waals surface area (Å²) in [5, 5.41) is 2.89. The van der Waals surface area contributed by atoms with Crippen molar-refractivity contribution >= 4 is 17.5 Å². The minimum Gasteiger partial charge on any atom is -0.377 e. The van der Waals surface area contributed by atoms with E-state index in [0.717, 1.165) is 6.42 Å². The van der Waals surface area contributed by atoms with Crippen molar-refractivity contribution in [2.24, 2.45) is 5.92 Å². The van der Waals surface area contributed by atoms with Crippen molar-refractivity contribution in [1.82, 2.24) is 4.90 Å². The van der Waals surface area contributed by atoms with Gasteiger partial charge in [0.1, 0.15) is 0 Å². The normalized spacial score (nSPS) is 18.4. The van der Waals surface area contributed by atoms with Gasteiger partial charge in [0.15, 0.2) is 5.78 Å². The fourth-order valence-corrected chi connectivity index (χ4v) is 2.67. The van der Waals surface area contributed by atoms with Crippen LogP contribution in [0.4, 0.5) is 10.5 Å². The van der Waals surface area contributed by atoms with E-state index in [1.807, 2.05) is 4.90 Å². The highest BCUT2D eigenvalue weighted by molar-refractivity contribution is 5.96. The lowest BCUT2D eigenvalue weighted by Crippen LogP contribution is -2.50. The van der Waals surface area contributed by atoms with Crippen LogP contribution in [0.3, 0.4) is 0 Å². The van der Waals surface area contributed by atoms with Crippen LogP contribution < -0.4 is 5.32 Å². The van der Waals surface area contributed by atoms with Gasteiger partial charge in [-0.25, -0.2) is 4.79 Å². The summed E-state index contributed by atoms with van der Waals surface area (Å²) in [6, 6.07) is 6.99. The number of rotatable bonds is 4. The molecule has 0 unspecified atom stereocenters. The molecule has 5 nitrogen and oxygen atoms in total. The van der Waals surface area contributed by atoms with Crippen LogP contribution in [-0.4, -0.2) is 42.5 Å². The maximum absolute atomic E-state index is 12.5. The van der Waals surface area contributed by atoms with Crippen LogP contribution >= 0.6 is 0 Å². The van der Waals surface area contributed by atoms with E-state index in [1.165, 1.54) is 6.92 Å². The van der Waals surface area contributed by atoms with Gasteiger partial charge < -0.3 is 15.0 Å². The molecule has 1 N–H and O–H groups in total. The molecule has 1 aromatic rings. The number of ether oxygens (including phenoxy) is 1. The molecule has 22 heavy (non-hydrogen) atoms. The van der Waals surface area contributed by atoms with Crippen LogP contribution in [0.15, 0.2) is 24.3 Å². The predicted octanol–water partition coefficient (Wildman–Crippen LogP) is 3.17. The van der Waals surface area contributed by atoms with Gasteiger partial charge in [0.2, 0.25) is 0 Å². The number of carbonyl (C=O) groups excluding carboxylic acids is 2. The van der Waals surface area contributed by atoms with Crippen LogP contribution in [0.1, 0.15) is 37.6 Å². The van der Waals surface area contributed by atoms with Crippen LogP contribution in [0.2, 0.25) is 0 Å². The number of anilines is 1. The third-order valence-corrected chi connectivity index (χ3v) is 3.75. The van der Waals surface area contributed by atoms with Crippen LogP contribution in [-0.2, 0) is 4.74 Å². The molecule has 0 bridgehead atoms. The Balaban J connectivity index is 2.06. The highest BCUT2D eigenvalue weighted by Crippen LogP contribution is 2.18. The Labute approximate surface area is 131 Å². The van der Waals surface area contributed by atoms with E-state index < -0.39 is 0 Å². The Bertz CT molecular complexity index is 542. The fraction of sp³-hybridized carbons (Fsp3) is 0.529. The standard InChI is InChI=1S/C17H24N2O3/c1-12(2)9-16-11-22-8-7-19(16)17(21)18-15-6-4-5-14(10-15)13(3)20/h4-6,10,12,16H,7-9,11H2,1-3H3,(H,18,21)/t16-/m1/s1. The number of nitrogens with one attached hydrogen (secondary N) is 1. The van der Waals surface area contributed by atoms with Crippen LogP contribution in [0, 0.1) is 5.92 Å². The largest absolute Gasteiger partial charge is 0.377 e. The molecule has 5 heteroatoms. The quantitative estimate of drug-likeness (QED) is 0.869. The average molecular weight is 304 g/mol. The van der Waals surface area contributed by atoms with E-state index >= 15 is 0 Å². The van der Waals surface area contributed by atoms with Crippen LogP contribution in [0.5, 0.6) is 0 Å². The highest BCUT2D eigenvalue weighted by atomic mass is 16.5. The van der Waals surface area contributed by atoms with Gasteiger partial charge in [0.25, 0.3) is 0 Å². The Morgan fingerprint density at radius 3 is 2.86 bits per heavy atom. The predicted molar refractivity (Wildman–Crippen MR) is 86.2 cm³/mol. The first-order valence-electron chi connectivity index (χ1n) is 7.73. The van der Waals surface area contributed by atoms with E-state index in [1.54, 1.807) is 24.3 Å². The zero-order chi connectivity index (χ0) is 16.1. The zero-order valence-electron chi connectivity index (χ0n) is 13.5. The zero-order valence-corrected chi connectivity index (χ0v) is 13.5. The molecule has 1 aliphatic rings. The second-order valence-corrected chi connectivity index (χ2v) is 6.12. The van der Waals surface area contributed by atoms with Gasteiger partial charge in [0, 0.05) is 17.8 Å². The number of urea groups is 1. The number of nitrogens with zero attached hydrogens (tertiary/aromatic N) is 1. The Morgan fingerprint density at radius 2 is 2.18 bits per heavy atom. The fourth-order valence-electron chi connectivity index (χ4n) is 2.67. The first-order chi connectivity index (χ1) is 10.5. The van der Waals surface area contributed by atoms with Crippen LogP contribution in [0.25, 0.3) is 0 Å². The van der Waals surface area contributed by atoms with E-state index in [0.29, 0.717) is 36.9 Å². The molecule has 0 radical (unpaired) electrons. The summed E-state index contributed by atoms with van der Waals surface area (Å²) in [7, 11) is 0. The lowest BCUT2D eigenvalue weighted by Gasteiger charge is -2.36. The monoisotopic (exact) mass is 304 g/mol. The van der Waals surface area contributed by atoms with E-state index in [2.05, 4.69) is 19.2 Å². The van der Waals surface area contributed by atoms with Crippen molar-refractivity contribution in [3.05, 3.63) is 29.8 Å². The van der Waals surface area contributed by atoms with Gasteiger partial charge in [-0.15, -0.1) is 0 Å². The van der Waals surface area contributed by atoms with Gasteiger partial charge in [-0.05, 0) is 31.4 Å². The molecule has 1 fully saturated rings. The van der Waals surface area contributed by atoms with Crippen molar-refractivity contribution in [3.8, 4) is 0 Å². The summed E-state index contributed by atoms with van der Waals surface area (Å²) in [6.07, 6.45) is 0.918. The number of benzene rings is 1. The average Bonchev–Trinajstić information content (AvgIpc) is 2.47. The molecule has 0 aliphatic carbocycles. The number of amides is 2. The number of hydrogen-bond acceptors (Lipinski definition) is 3. The lowest BCUT2D eigenvalue weighted by molar-refractivity contribution is 0.00857. The number of carbonyl (C=O) groups is 2. The molecule has 0 saturated carbocycles. The lowest BCUT2D eigenvalue weighted by atomic mass is 10.0. The molecule has 0 aromatic heterocycles.